The second-order valence-electron chi connectivity index (χ2n) is 4.80. The first-order valence-electron chi connectivity index (χ1n) is 6.99. The number of phenols is 1. The highest BCUT2D eigenvalue weighted by molar-refractivity contribution is 7.80. The van der Waals surface area contributed by atoms with Gasteiger partial charge in [0.2, 0.25) is 0 Å². The average Bonchev–Trinajstić information content (AvgIpc) is 2.42. The third kappa shape index (κ3) is 6.43. The predicted molar refractivity (Wildman–Crippen MR) is 85.6 cm³/mol. The lowest BCUT2D eigenvalue weighted by Gasteiger charge is -2.17. The van der Waals surface area contributed by atoms with Crippen LogP contribution in [0.4, 0.5) is 5.69 Å². The molecule has 0 spiro atoms. The molecule has 1 atom stereocenters. The molecule has 0 bridgehead atoms. The Hall–Kier alpha value is -1.29. The van der Waals surface area contributed by atoms with Gasteiger partial charge in [0.15, 0.2) is 5.11 Å². The van der Waals surface area contributed by atoms with Gasteiger partial charge in [-0.3, -0.25) is 0 Å². The lowest BCUT2D eigenvalue weighted by molar-refractivity contribution is 0.446. The average molecular weight is 280 g/mol. The van der Waals surface area contributed by atoms with Crippen LogP contribution in [0.15, 0.2) is 24.3 Å². The zero-order valence-corrected chi connectivity index (χ0v) is 12.6. The van der Waals surface area contributed by atoms with Crippen molar-refractivity contribution in [1.29, 1.82) is 0 Å². The van der Waals surface area contributed by atoms with E-state index in [4.69, 9.17) is 12.2 Å². The molecule has 0 fully saturated rings. The Morgan fingerprint density at radius 1 is 1.26 bits per heavy atom. The second-order valence-corrected chi connectivity index (χ2v) is 5.21. The van der Waals surface area contributed by atoms with Gasteiger partial charge in [-0.15, -0.1) is 0 Å². The lowest BCUT2D eigenvalue weighted by atomic mass is 9.99. The van der Waals surface area contributed by atoms with Crippen LogP contribution in [0.1, 0.15) is 39.5 Å². The van der Waals surface area contributed by atoms with E-state index in [0.717, 1.165) is 12.2 Å². The Bertz CT molecular complexity index is 378. The first kappa shape index (κ1) is 15.8. The maximum Gasteiger partial charge on any atom is 0.170 e. The van der Waals surface area contributed by atoms with Crippen LogP contribution in [0, 0.1) is 5.92 Å². The van der Waals surface area contributed by atoms with Crippen molar-refractivity contribution >= 4 is 23.0 Å². The van der Waals surface area contributed by atoms with Crippen LogP contribution >= 0.6 is 12.2 Å². The van der Waals surface area contributed by atoms with Gasteiger partial charge in [-0.25, -0.2) is 0 Å². The van der Waals surface area contributed by atoms with Crippen LogP contribution in [0.25, 0.3) is 0 Å². The van der Waals surface area contributed by atoms with Crippen LogP contribution in [0.2, 0.25) is 0 Å². The molecule has 1 aromatic rings. The van der Waals surface area contributed by atoms with E-state index in [0.29, 0.717) is 11.0 Å². The summed E-state index contributed by atoms with van der Waals surface area (Å²) < 4.78 is 0. The highest BCUT2D eigenvalue weighted by atomic mass is 32.1. The number of benzene rings is 1. The second kappa shape index (κ2) is 8.75. The fraction of sp³-hybridized carbons (Fsp3) is 0.533. The van der Waals surface area contributed by atoms with Gasteiger partial charge < -0.3 is 15.7 Å². The fourth-order valence-electron chi connectivity index (χ4n) is 1.90. The van der Waals surface area contributed by atoms with Crippen LogP contribution in [0.5, 0.6) is 5.75 Å². The smallest absolute Gasteiger partial charge is 0.170 e. The molecule has 4 heteroatoms. The zero-order valence-electron chi connectivity index (χ0n) is 11.8. The van der Waals surface area contributed by atoms with Crippen molar-refractivity contribution in [1.82, 2.24) is 5.32 Å². The molecule has 1 aromatic carbocycles. The molecule has 0 amide bonds. The van der Waals surface area contributed by atoms with Crippen molar-refractivity contribution < 1.29 is 5.11 Å². The van der Waals surface area contributed by atoms with Gasteiger partial charge in [-0.05, 0) is 48.8 Å². The number of anilines is 1. The van der Waals surface area contributed by atoms with Crippen LogP contribution in [-0.2, 0) is 0 Å². The molecule has 0 unspecified atom stereocenters. The van der Waals surface area contributed by atoms with Gasteiger partial charge in [0.25, 0.3) is 0 Å². The molecule has 0 saturated heterocycles. The number of hydrogen-bond donors (Lipinski definition) is 3. The molecule has 1 rings (SSSR count). The minimum Gasteiger partial charge on any atom is -0.508 e. The maximum absolute atomic E-state index is 9.21. The summed E-state index contributed by atoms with van der Waals surface area (Å²) in [5.41, 5.74) is 0.886. The van der Waals surface area contributed by atoms with E-state index in [1.54, 1.807) is 24.3 Å². The third-order valence-corrected chi connectivity index (χ3v) is 3.47. The molecule has 106 valence electrons. The summed E-state index contributed by atoms with van der Waals surface area (Å²) in [5, 5.41) is 16.2. The van der Waals surface area contributed by atoms with Gasteiger partial charge in [0.05, 0.1) is 0 Å². The fourth-order valence-corrected chi connectivity index (χ4v) is 2.10. The maximum atomic E-state index is 9.21. The van der Waals surface area contributed by atoms with E-state index >= 15 is 0 Å². The van der Waals surface area contributed by atoms with E-state index in [-0.39, 0.29) is 5.75 Å². The van der Waals surface area contributed by atoms with Gasteiger partial charge >= 0.3 is 0 Å². The summed E-state index contributed by atoms with van der Waals surface area (Å²) in [4.78, 5) is 0. The number of thiocarbonyl (C=S) groups is 1. The number of nitrogens with one attached hydrogen (secondary N) is 2. The first-order chi connectivity index (χ1) is 9.15. The Kier molecular flexibility index (Phi) is 7.26. The highest BCUT2D eigenvalue weighted by Crippen LogP contribution is 2.14. The summed E-state index contributed by atoms with van der Waals surface area (Å²) >= 11 is 5.26. The van der Waals surface area contributed by atoms with Crippen LogP contribution < -0.4 is 10.6 Å². The molecule has 0 heterocycles. The molecule has 3 nitrogen and oxygen atoms in total. The largest absolute Gasteiger partial charge is 0.508 e. The molecule has 0 saturated carbocycles. The van der Waals surface area contributed by atoms with Crippen LogP contribution in [-0.4, -0.2) is 16.8 Å². The third-order valence-electron chi connectivity index (χ3n) is 3.22. The minimum atomic E-state index is 0.259. The molecule has 0 aliphatic carbocycles. The van der Waals surface area contributed by atoms with E-state index in [9.17, 15) is 5.11 Å². The molecule has 0 aliphatic rings. The van der Waals surface area contributed by atoms with Crippen molar-refractivity contribution in [2.45, 2.75) is 39.5 Å². The summed E-state index contributed by atoms with van der Waals surface area (Å²) in [6, 6.07) is 6.89. The molecule has 19 heavy (non-hydrogen) atoms. The SMILES string of the molecule is CCCC[C@H](CC)CNC(=S)Nc1ccc(O)cc1. The van der Waals surface area contributed by atoms with Crippen molar-refractivity contribution in [2.75, 3.05) is 11.9 Å². The number of rotatable bonds is 7. The monoisotopic (exact) mass is 280 g/mol. The van der Waals surface area contributed by atoms with Crippen molar-refractivity contribution in [3.8, 4) is 5.75 Å². The molecular formula is C15H24N2OS. The van der Waals surface area contributed by atoms with E-state index in [2.05, 4.69) is 24.5 Å². The molecule has 0 radical (unpaired) electrons. The quantitative estimate of drug-likeness (QED) is 0.523. The topological polar surface area (TPSA) is 44.3 Å². The van der Waals surface area contributed by atoms with Crippen molar-refractivity contribution in [2.24, 2.45) is 5.92 Å². The molecule has 3 N–H and O–H groups in total. The number of aromatic hydroxyl groups is 1. The van der Waals surface area contributed by atoms with Crippen LogP contribution in [0.3, 0.4) is 0 Å². The van der Waals surface area contributed by atoms with E-state index in [1.807, 2.05) is 0 Å². The number of phenolic OH excluding ortho intramolecular Hbond substituents is 1. The van der Waals surface area contributed by atoms with Gasteiger partial charge in [0, 0.05) is 12.2 Å². The van der Waals surface area contributed by atoms with E-state index in [1.165, 1.54) is 25.7 Å². The summed E-state index contributed by atoms with van der Waals surface area (Å²) in [6.07, 6.45) is 4.95. The molecule has 0 aliphatic heterocycles. The molecule has 0 aromatic heterocycles. The Morgan fingerprint density at radius 2 is 1.95 bits per heavy atom. The normalized spacial score (nSPS) is 11.9. The van der Waals surface area contributed by atoms with E-state index < -0.39 is 0 Å². The Labute approximate surface area is 121 Å². The Balaban J connectivity index is 2.32. The number of unbranched alkanes of at least 4 members (excludes halogenated alkanes) is 1. The summed E-state index contributed by atoms with van der Waals surface area (Å²) in [7, 11) is 0. The molecular weight excluding hydrogens is 256 g/mol. The van der Waals surface area contributed by atoms with Gasteiger partial charge in [-0.2, -0.15) is 0 Å². The standard InChI is InChI=1S/C15H24N2OS/c1-3-5-6-12(4-2)11-16-15(19)17-13-7-9-14(18)10-8-13/h7-10,12,18H,3-6,11H2,1-2H3,(H2,16,17,19)/t12-/m0/s1. The number of hydrogen-bond acceptors (Lipinski definition) is 2. The lowest BCUT2D eigenvalue weighted by Crippen LogP contribution is -2.32. The van der Waals surface area contributed by atoms with Crippen molar-refractivity contribution in [3.05, 3.63) is 24.3 Å². The van der Waals surface area contributed by atoms with Gasteiger partial charge in [-0.1, -0.05) is 33.1 Å². The summed E-state index contributed by atoms with van der Waals surface area (Å²) in [6.45, 7) is 5.36. The van der Waals surface area contributed by atoms with Gasteiger partial charge in [0.1, 0.15) is 5.75 Å². The Morgan fingerprint density at radius 3 is 2.53 bits per heavy atom. The first-order valence-corrected chi connectivity index (χ1v) is 7.40. The minimum absolute atomic E-state index is 0.259. The zero-order chi connectivity index (χ0) is 14.1. The summed E-state index contributed by atoms with van der Waals surface area (Å²) in [5.74, 6) is 0.939. The highest BCUT2D eigenvalue weighted by Gasteiger charge is 2.06. The predicted octanol–water partition coefficient (Wildman–Crippen LogP) is 3.90. The van der Waals surface area contributed by atoms with Crippen molar-refractivity contribution in [3.63, 3.8) is 0 Å².